The number of nitrogens with one attached hydrogen (secondary N) is 1. The summed E-state index contributed by atoms with van der Waals surface area (Å²) < 4.78 is 55.0. The molecule has 0 spiro atoms. The van der Waals surface area contributed by atoms with Crippen LogP contribution in [0.25, 0.3) is 0 Å². The van der Waals surface area contributed by atoms with Crippen LogP contribution in [0, 0.1) is 11.6 Å². The number of carbonyl (C=O) groups is 1. The lowest BCUT2D eigenvalue weighted by Crippen LogP contribution is -2.37. The fourth-order valence-electron chi connectivity index (χ4n) is 2.78. The molecule has 31 heavy (non-hydrogen) atoms. The molecule has 5 nitrogen and oxygen atoms in total. The van der Waals surface area contributed by atoms with E-state index in [1.165, 1.54) is 24.3 Å². The lowest BCUT2D eigenvalue weighted by Gasteiger charge is -2.22. The molecule has 162 valence electrons. The van der Waals surface area contributed by atoms with Crippen LogP contribution in [-0.4, -0.2) is 25.2 Å². The Hall–Kier alpha value is -2.52. The van der Waals surface area contributed by atoms with E-state index in [1.807, 2.05) is 0 Å². The Morgan fingerprint density at radius 1 is 0.903 bits per heavy atom. The highest BCUT2D eigenvalue weighted by Crippen LogP contribution is 2.23. The van der Waals surface area contributed by atoms with Gasteiger partial charge in [0.1, 0.15) is 17.3 Å². The molecule has 0 saturated carbocycles. The molecule has 1 N–H and O–H groups in total. The van der Waals surface area contributed by atoms with Crippen LogP contribution in [0.15, 0.2) is 71.6 Å². The molecule has 0 aromatic heterocycles. The molecule has 0 radical (unpaired) electrons. The number of anilines is 1. The van der Waals surface area contributed by atoms with Crippen molar-refractivity contribution in [2.75, 3.05) is 11.9 Å². The van der Waals surface area contributed by atoms with E-state index in [-0.39, 0.29) is 11.4 Å². The molecular weight excluding hydrogens is 469 g/mol. The standard InChI is InChI=1S/C21H16Cl2F2N2O3S/c22-15-7-9-17(10-8-15)31(29,30)27(12-14-3-1-4-16(23)11-14)13-20(28)26-21-18(24)5-2-6-19(21)25/h1-11H,12-13H2,(H,26,28). The van der Waals surface area contributed by atoms with Gasteiger partial charge in [-0.2, -0.15) is 4.31 Å². The lowest BCUT2D eigenvalue weighted by molar-refractivity contribution is -0.116. The van der Waals surface area contributed by atoms with Crippen molar-refractivity contribution >= 4 is 44.8 Å². The second-order valence-electron chi connectivity index (χ2n) is 6.50. The van der Waals surface area contributed by atoms with Crippen LogP contribution in [-0.2, 0) is 21.4 Å². The summed E-state index contributed by atoms with van der Waals surface area (Å²) in [5, 5.41) is 2.83. The van der Waals surface area contributed by atoms with Crippen LogP contribution in [0.5, 0.6) is 0 Å². The minimum atomic E-state index is -4.15. The Labute approximate surface area is 188 Å². The number of amides is 1. The van der Waals surface area contributed by atoms with Gasteiger partial charge in [0.15, 0.2) is 0 Å². The first kappa shape index (κ1) is 23.1. The normalized spacial score (nSPS) is 11.5. The summed E-state index contributed by atoms with van der Waals surface area (Å²) in [7, 11) is -4.15. The average Bonchev–Trinajstić information content (AvgIpc) is 2.71. The molecular formula is C21H16Cl2F2N2O3S. The zero-order valence-corrected chi connectivity index (χ0v) is 18.2. The third-order valence-corrected chi connectivity index (χ3v) is 6.54. The van der Waals surface area contributed by atoms with Gasteiger partial charge in [0.2, 0.25) is 15.9 Å². The predicted octanol–water partition coefficient (Wildman–Crippen LogP) is 5.10. The fourth-order valence-corrected chi connectivity index (χ4v) is 4.50. The molecule has 0 atom stereocenters. The number of benzene rings is 3. The zero-order valence-electron chi connectivity index (χ0n) is 15.9. The average molecular weight is 485 g/mol. The summed E-state index contributed by atoms with van der Waals surface area (Å²) in [5.74, 6) is -2.87. The molecule has 0 heterocycles. The molecule has 1 amide bonds. The number of halogens is 4. The van der Waals surface area contributed by atoms with Gasteiger partial charge in [-0.1, -0.05) is 41.4 Å². The van der Waals surface area contributed by atoms with E-state index < -0.39 is 39.8 Å². The summed E-state index contributed by atoms with van der Waals surface area (Å²) in [6.45, 7) is -0.885. The van der Waals surface area contributed by atoms with Crippen LogP contribution >= 0.6 is 23.2 Å². The zero-order chi connectivity index (χ0) is 22.6. The van der Waals surface area contributed by atoms with Gasteiger partial charge >= 0.3 is 0 Å². The molecule has 0 aliphatic carbocycles. The van der Waals surface area contributed by atoms with Crippen LogP contribution in [0.1, 0.15) is 5.56 Å². The molecule has 3 aromatic rings. The van der Waals surface area contributed by atoms with E-state index in [9.17, 15) is 22.0 Å². The second kappa shape index (κ2) is 9.74. The van der Waals surface area contributed by atoms with Gasteiger partial charge in [-0.05, 0) is 54.1 Å². The largest absolute Gasteiger partial charge is 0.320 e. The monoisotopic (exact) mass is 484 g/mol. The predicted molar refractivity (Wildman–Crippen MR) is 115 cm³/mol. The maximum absolute atomic E-state index is 13.9. The van der Waals surface area contributed by atoms with Crippen molar-refractivity contribution < 1.29 is 22.0 Å². The Morgan fingerprint density at radius 2 is 1.52 bits per heavy atom. The van der Waals surface area contributed by atoms with E-state index in [4.69, 9.17) is 23.2 Å². The Kier molecular flexibility index (Phi) is 7.27. The number of hydrogen-bond acceptors (Lipinski definition) is 3. The van der Waals surface area contributed by atoms with Gasteiger partial charge in [0, 0.05) is 16.6 Å². The minimum absolute atomic E-state index is 0.0937. The topological polar surface area (TPSA) is 66.5 Å². The highest BCUT2D eigenvalue weighted by molar-refractivity contribution is 7.89. The maximum atomic E-state index is 13.9. The maximum Gasteiger partial charge on any atom is 0.243 e. The van der Waals surface area contributed by atoms with Crippen LogP contribution < -0.4 is 5.32 Å². The Bertz CT molecular complexity index is 1190. The first-order valence-corrected chi connectivity index (χ1v) is 11.1. The molecule has 0 fully saturated rings. The molecule has 0 bridgehead atoms. The highest BCUT2D eigenvalue weighted by atomic mass is 35.5. The molecule has 0 aliphatic rings. The van der Waals surface area contributed by atoms with E-state index in [1.54, 1.807) is 24.3 Å². The van der Waals surface area contributed by atoms with Crippen molar-refractivity contribution in [2.45, 2.75) is 11.4 Å². The van der Waals surface area contributed by atoms with Gasteiger partial charge in [0.25, 0.3) is 0 Å². The summed E-state index contributed by atoms with van der Waals surface area (Å²) in [5.41, 5.74) is -0.131. The number of carbonyl (C=O) groups excluding carboxylic acids is 1. The molecule has 3 aromatic carbocycles. The lowest BCUT2D eigenvalue weighted by atomic mass is 10.2. The highest BCUT2D eigenvalue weighted by Gasteiger charge is 2.27. The van der Waals surface area contributed by atoms with Crippen LogP contribution in [0.4, 0.5) is 14.5 Å². The number of rotatable bonds is 7. The molecule has 0 unspecified atom stereocenters. The minimum Gasteiger partial charge on any atom is -0.320 e. The number of hydrogen-bond donors (Lipinski definition) is 1. The molecule has 0 saturated heterocycles. The van der Waals surface area contributed by atoms with E-state index in [2.05, 4.69) is 5.32 Å². The van der Waals surface area contributed by atoms with Gasteiger partial charge < -0.3 is 5.32 Å². The van der Waals surface area contributed by atoms with Gasteiger partial charge in [-0.15, -0.1) is 0 Å². The number of sulfonamides is 1. The van der Waals surface area contributed by atoms with Crippen LogP contribution in [0.3, 0.4) is 0 Å². The van der Waals surface area contributed by atoms with Crippen molar-refractivity contribution in [3.63, 3.8) is 0 Å². The third kappa shape index (κ3) is 5.80. The molecule has 3 rings (SSSR count). The summed E-state index contributed by atoms with van der Waals surface area (Å²) in [6.07, 6.45) is 0. The number of para-hydroxylation sites is 1. The van der Waals surface area contributed by atoms with E-state index >= 15 is 0 Å². The molecule has 10 heteroatoms. The van der Waals surface area contributed by atoms with E-state index in [0.717, 1.165) is 22.5 Å². The summed E-state index contributed by atoms with van der Waals surface area (Å²) in [6, 6.07) is 15.0. The van der Waals surface area contributed by atoms with Gasteiger partial charge in [0.05, 0.1) is 11.4 Å². The molecule has 0 aliphatic heterocycles. The SMILES string of the molecule is O=C(CN(Cc1cccc(Cl)c1)S(=O)(=O)c1ccc(Cl)cc1)Nc1c(F)cccc1F. The second-order valence-corrected chi connectivity index (χ2v) is 9.31. The van der Waals surface area contributed by atoms with Gasteiger partial charge in [-0.3, -0.25) is 4.79 Å². The summed E-state index contributed by atoms with van der Waals surface area (Å²) in [4.78, 5) is 12.4. The van der Waals surface area contributed by atoms with Crippen molar-refractivity contribution in [3.8, 4) is 0 Å². The smallest absolute Gasteiger partial charge is 0.243 e. The van der Waals surface area contributed by atoms with Crippen molar-refractivity contribution in [2.24, 2.45) is 0 Å². The van der Waals surface area contributed by atoms with E-state index in [0.29, 0.717) is 15.6 Å². The number of nitrogens with zero attached hydrogens (tertiary/aromatic N) is 1. The Balaban J connectivity index is 1.91. The van der Waals surface area contributed by atoms with Gasteiger partial charge in [-0.25, -0.2) is 17.2 Å². The first-order valence-electron chi connectivity index (χ1n) is 8.91. The first-order chi connectivity index (χ1) is 14.7. The van der Waals surface area contributed by atoms with Crippen LogP contribution in [0.2, 0.25) is 10.0 Å². The fraction of sp³-hybridized carbons (Fsp3) is 0.0952. The van der Waals surface area contributed by atoms with Crippen molar-refractivity contribution in [3.05, 3.63) is 94.0 Å². The van der Waals surface area contributed by atoms with Crippen molar-refractivity contribution in [1.29, 1.82) is 0 Å². The summed E-state index contributed by atoms with van der Waals surface area (Å²) >= 11 is 11.8. The van der Waals surface area contributed by atoms with Crippen molar-refractivity contribution in [1.82, 2.24) is 4.31 Å². The Morgan fingerprint density at radius 3 is 2.13 bits per heavy atom. The third-order valence-electron chi connectivity index (χ3n) is 4.25. The quantitative estimate of drug-likeness (QED) is 0.507.